The number of Topliss-reactive ketones (excluding diaryl/α,β-unsaturated/α-hetero) is 1. The molecule has 0 radical (unpaired) electrons. The number of allylic oxidation sites excluding steroid dienone is 1. The van der Waals surface area contributed by atoms with Gasteiger partial charge in [0.2, 0.25) is 0 Å². The normalized spacial score (nSPS) is 20.9. The highest BCUT2D eigenvalue weighted by Gasteiger charge is 2.40. The lowest BCUT2D eigenvalue weighted by Gasteiger charge is -2.34. The first-order valence-electron chi connectivity index (χ1n) is 8.82. The summed E-state index contributed by atoms with van der Waals surface area (Å²) in [6.07, 6.45) is 1.12. The Kier molecular flexibility index (Phi) is 4.36. The molecule has 0 bridgehead atoms. The third-order valence-electron chi connectivity index (χ3n) is 5.12. The number of hydrogen-bond donors (Lipinski definition) is 3. The number of rotatable bonds is 1. The molecule has 1 unspecified atom stereocenters. The molecule has 0 saturated carbocycles. The average Bonchev–Trinajstić information content (AvgIpc) is 2.71. The molecule has 4 nitrogen and oxygen atoms in total. The minimum Gasteiger partial charge on any atom is -0.506 e. The van der Waals surface area contributed by atoms with Crippen LogP contribution in [0.15, 0.2) is 47.7 Å². The maximum absolute atomic E-state index is 13.2. The van der Waals surface area contributed by atoms with E-state index in [9.17, 15) is 9.90 Å². The largest absolute Gasteiger partial charge is 0.506 e. The number of anilines is 2. The highest BCUT2D eigenvalue weighted by atomic mass is 35.5. The Balaban J connectivity index is 1.97. The summed E-state index contributed by atoms with van der Waals surface area (Å²) in [4.78, 5) is 13.2. The van der Waals surface area contributed by atoms with Gasteiger partial charge in [-0.1, -0.05) is 49.2 Å². The van der Waals surface area contributed by atoms with E-state index in [0.29, 0.717) is 45.4 Å². The van der Waals surface area contributed by atoms with E-state index in [1.165, 1.54) is 0 Å². The lowest BCUT2D eigenvalue weighted by molar-refractivity contribution is -0.118. The molecule has 3 N–H and O–H groups in total. The van der Waals surface area contributed by atoms with Gasteiger partial charge in [-0.25, -0.2) is 0 Å². The predicted octanol–water partition coefficient (Wildman–Crippen LogP) is 5.92. The Bertz CT molecular complexity index is 962. The summed E-state index contributed by atoms with van der Waals surface area (Å²) in [6, 6.07) is 10.0. The summed E-state index contributed by atoms with van der Waals surface area (Å²) in [6.45, 7) is 4.13. The Morgan fingerprint density at radius 3 is 2.44 bits per heavy atom. The number of fused-ring (bicyclic) bond motifs is 1. The minimum atomic E-state index is -0.500. The van der Waals surface area contributed by atoms with E-state index in [2.05, 4.69) is 24.5 Å². The van der Waals surface area contributed by atoms with Crippen LogP contribution < -0.4 is 10.6 Å². The lowest BCUT2D eigenvalue weighted by atomic mass is 9.73. The highest BCUT2D eigenvalue weighted by molar-refractivity contribution is 6.36. The van der Waals surface area contributed by atoms with Crippen LogP contribution in [0.3, 0.4) is 0 Å². The summed E-state index contributed by atoms with van der Waals surface area (Å²) in [7, 11) is 0. The fourth-order valence-corrected chi connectivity index (χ4v) is 4.57. The standard InChI is InChI=1S/C21H20Cl2N2O2/c1-21(2)9-14-18(16(27)10-21)20(17-11(22)5-3-6-12(17)23)24-13-7-4-8-15(26)19(13)25-14/h3-8,20,24-26H,9-10H2,1-2H3. The van der Waals surface area contributed by atoms with Gasteiger partial charge in [0, 0.05) is 33.3 Å². The van der Waals surface area contributed by atoms with E-state index < -0.39 is 6.04 Å². The third kappa shape index (κ3) is 3.17. The molecule has 0 spiro atoms. The molecule has 1 heterocycles. The van der Waals surface area contributed by atoms with Crippen molar-refractivity contribution in [3.05, 3.63) is 63.3 Å². The molecule has 1 aliphatic carbocycles. The number of hydrogen-bond acceptors (Lipinski definition) is 4. The molecule has 0 fully saturated rings. The molecular weight excluding hydrogens is 383 g/mol. The van der Waals surface area contributed by atoms with Crippen LogP contribution in [0, 0.1) is 5.41 Å². The van der Waals surface area contributed by atoms with Crippen molar-refractivity contribution in [1.82, 2.24) is 0 Å². The number of nitrogens with one attached hydrogen (secondary N) is 2. The third-order valence-corrected chi connectivity index (χ3v) is 5.77. The number of phenolic OH excluding ortho intramolecular Hbond substituents is 1. The van der Waals surface area contributed by atoms with Gasteiger partial charge in [0.1, 0.15) is 11.4 Å². The van der Waals surface area contributed by atoms with Crippen molar-refractivity contribution >= 4 is 40.4 Å². The predicted molar refractivity (Wildman–Crippen MR) is 110 cm³/mol. The van der Waals surface area contributed by atoms with Crippen molar-refractivity contribution < 1.29 is 9.90 Å². The van der Waals surface area contributed by atoms with Crippen molar-refractivity contribution in [2.24, 2.45) is 5.41 Å². The van der Waals surface area contributed by atoms with Gasteiger partial charge < -0.3 is 15.7 Å². The number of benzene rings is 2. The van der Waals surface area contributed by atoms with Gasteiger partial charge in [-0.3, -0.25) is 4.79 Å². The van der Waals surface area contributed by atoms with E-state index in [0.717, 1.165) is 5.70 Å². The van der Waals surface area contributed by atoms with Crippen LogP contribution in [0.1, 0.15) is 38.3 Å². The topological polar surface area (TPSA) is 61.4 Å². The van der Waals surface area contributed by atoms with Crippen molar-refractivity contribution in [3.8, 4) is 5.75 Å². The minimum absolute atomic E-state index is 0.0505. The van der Waals surface area contributed by atoms with Crippen molar-refractivity contribution in [1.29, 1.82) is 0 Å². The van der Waals surface area contributed by atoms with E-state index in [1.54, 1.807) is 30.3 Å². The molecule has 0 aromatic heterocycles. The van der Waals surface area contributed by atoms with Gasteiger partial charge in [-0.2, -0.15) is 0 Å². The summed E-state index contributed by atoms with van der Waals surface area (Å²) < 4.78 is 0. The van der Waals surface area contributed by atoms with Gasteiger partial charge in [0.05, 0.1) is 11.7 Å². The SMILES string of the molecule is CC1(C)CC(=O)C2=C(C1)Nc1c(O)cccc1NC2c1c(Cl)cccc1Cl. The zero-order valence-electron chi connectivity index (χ0n) is 15.1. The molecular formula is C21H20Cl2N2O2. The number of ketones is 1. The number of carbonyl (C=O) groups excluding carboxylic acids is 1. The van der Waals surface area contributed by atoms with Crippen LogP contribution in [0.4, 0.5) is 11.4 Å². The van der Waals surface area contributed by atoms with Crippen molar-refractivity contribution in [2.45, 2.75) is 32.7 Å². The van der Waals surface area contributed by atoms with Gasteiger partial charge in [0.25, 0.3) is 0 Å². The molecule has 140 valence electrons. The molecule has 2 aliphatic rings. The van der Waals surface area contributed by atoms with E-state index >= 15 is 0 Å². The molecule has 1 aliphatic heterocycles. The Morgan fingerprint density at radius 1 is 1.07 bits per heavy atom. The quantitative estimate of drug-likeness (QED) is 0.517. The summed E-state index contributed by atoms with van der Waals surface area (Å²) in [5.74, 6) is 0.170. The van der Waals surface area contributed by atoms with Crippen LogP contribution >= 0.6 is 23.2 Å². The molecule has 0 amide bonds. The Labute approximate surface area is 168 Å². The first kappa shape index (κ1) is 18.2. The van der Waals surface area contributed by atoms with Gasteiger partial charge in [0.15, 0.2) is 5.78 Å². The van der Waals surface area contributed by atoms with Crippen LogP contribution in [0.25, 0.3) is 0 Å². The molecule has 4 rings (SSSR count). The van der Waals surface area contributed by atoms with Gasteiger partial charge in [-0.05, 0) is 36.1 Å². The van der Waals surface area contributed by atoms with Crippen LogP contribution in [0.5, 0.6) is 5.75 Å². The van der Waals surface area contributed by atoms with Gasteiger partial charge >= 0.3 is 0 Å². The fourth-order valence-electron chi connectivity index (χ4n) is 3.95. The molecule has 2 aromatic rings. The number of aromatic hydroxyl groups is 1. The first-order chi connectivity index (χ1) is 12.8. The smallest absolute Gasteiger partial charge is 0.163 e. The summed E-state index contributed by atoms with van der Waals surface area (Å²) in [5, 5.41) is 18.1. The molecule has 6 heteroatoms. The number of carbonyl (C=O) groups is 1. The van der Waals surface area contributed by atoms with Crippen molar-refractivity contribution in [3.63, 3.8) is 0 Å². The second-order valence-electron chi connectivity index (χ2n) is 7.87. The maximum atomic E-state index is 13.2. The number of para-hydroxylation sites is 1. The Morgan fingerprint density at radius 2 is 1.74 bits per heavy atom. The summed E-state index contributed by atoms with van der Waals surface area (Å²) in [5.41, 5.74) is 3.16. The molecule has 2 aromatic carbocycles. The van der Waals surface area contributed by atoms with Crippen LogP contribution in [-0.4, -0.2) is 10.9 Å². The Hall–Kier alpha value is -2.17. The number of halogens is 2. The van der Waals surface area contributed by atoms with Gasteiger partial charge in [-0.15, -0.1) is 0 Å². The first-order valence-corrected chi connectivity index (χ1v) is 9.58. The molecule has 1 atom stereocenters. The zero-order valence-corrected chi connectivity index (χ0v) is 16.6. The van der Waals surface area contributed by atoms with Crippen LogP contribution in [-0.2, 0) is 4.79 Å². The molecule has 0 saturated heterocycles. The number of phenols is 1. The van der Waals surface area contributed by atoms with E-state index in [1.807, 2.05) is 6.07 Å². The average molecular weight is 403 g/mol. The molecule has 27 heavy (non-hydrogen) atoms. The van der Waals surface area contributed by atoms with Crippen molar-refractivity contribution in [2.75, 3.05) is 10.6 Å². The second kappa shape index (κ2) is 6.47. The fraction of sp³-hybridized carbons (Fsp3) is 0.286. The second-order valence-corrected chi connectivity index (χ2v) is 8.68. The van der Waals surface area contributed by atoms with E-state index in [4.69, 9.17) is 23.2 Å². The summed E-state index contributed by atoms with van der Waals surface area (Å²) >= 11 is 13.0. The van der Waals surface area contributed by atoms with E-state index in [-0.39, 0.29) is 16.9 Å². The lowest BCUT2D eigenvalue weighted by Crippen LogP contribution is -2.31. The zero-order chi connectivity index (χ0) is 19.3. The van der Waals surface area contributed by atoms with Crippen LogP contribution in [0.2, 0.25) is 10.0 Å². The monoisotopic (exact) mass is 402 g/mol. The highest BCUT2D eigenvalue weighted by Crippen LogP contribution is 2.49. The maximum Gasteiger partial charge on any atom is 0.163 e.